The standard InChI is InChI=1S/C36H22N2O/c39-36-32-18-19-37-22-34(32)31-14-5-6-15-35(31)38(36)25-9-7-8-23(20-25)24-16-17-30-28-12-2-1-10-26(28)27-11-3-4-13-29(27)33(30)21-24/h1-22H. The summed E-state index contributed by atoms with van der Waals surface area (Å²) in [5.41, 5.74) is 3.86. The zero-order valence-electron chi connectivity index (χ0n) is 21.0. The van der Waals surface area contributed by atoms with Crippen molar-refractivity contribution in [1.29, 1.82) is 0 Å². The van der Waals surface area contributed by atoms with E-state index < -0.39 is 0 Å². The molecule has 0 radical (unpaired) electrons. The molecule has 8 aromatic rings. The molecule has 2 heterocycles. The lowest BCUT2D eigenvalue weighted by molar-refractivity contribution is 1.06. The Morgan fingerprint density at radius 2 is 1.08 bits per heavy atom. The first-order chi connectivity index (χ1) is 19.3. The summed E-state index contributed by atoms with van der Waals surface area (Å²) in [5.74, 6) is 0. The second-order valence-corrected chi connectivity index (χ2v) is 9.98. The molecule has 0 saturated heterocycles. The Morgan fingerprint density at radius 1 is 0.462 bits per heavy atom. The number of fused-ring (bicyclic) bond motifs is 9. The molecular formula is C36H22N2O. The van der Waals surface area contributed by atoms with Gasteiger partial charge in [-0.15, -0.1) is 0 Å². The predicted molar refractivity (Wildman–Crippen MR) is 163 cm³/mol. The monoisotopic (exact) mass is 498 g/mol. The van der Waals surface area contributed by atoms with Crippen LogP contribution in [0.25, 0.3) is 70.8 Å². The van der Waals surface area contributed by atoms with Crippen LogP contribution in [-0.4, -0.2) is 9.55 Å². The van der Waals surface area contributed by atoms with E-state index in [9.17, 15) is 4.79 Å². The third-order valence-electron chi connectivity index (χ3n) is 7.87. The minimum atomic E-state index is -0.0424. The molecule has 39 heavy (non-hydrogen) atoms. The summed E-state index contributed by atoms with van der Waals surface area (Å²) in [6.45, 7) is 0. The van der Waals surface area contributed by atoms with E-state index in [0.29, 0.717) is 5.39 Å². The van der Waals surface area contributed by atoms with Gasteiger partial charge in [0.25, 0.3) is 5.56 Å². The number of hydrogen-bond donors (Lipinski definition) is 0. The molecule has 0 N–H and O–H groups in total. The van der Waals surface area contributed by atoms with Crippen LogP contribution in [0.2, 0.25) is 0 Å². The second kappa shape index (κ2) is 8.37. The van der Waals surface area contributed by atoms with Crippen LogP contribution in [0.4, 0.5) is 0 Å². The van der Waals surface area contributed by atoms with E-state index >= 15 is 0 Å². The second-order valence-electron chi connectivity index (χ2n) is 9.98. The Balaban J connectivity index is 1.38. The van der Waals surface area contributed by atoms with Crippen molar-refractivity contribution in [3.05, 3.63) is 144 Å². The Morgan fingerprint density at radius 3 is 1.82 bits per heavy atom. The fourth-order valence-corrected chi connectivity index (χ4v) is 6.09. The van der Waals surface area contributed by atoms with Crippen molar-refractivity contribution in [3.8, 4) is 16.8 Å². The number of nitrogens with zero attached hydrogens (tertiary/aromatic N) is 2. The first kappa shape index (κ1) is 21.8. The van der Waals surface area contributed by atoms with Crippen LogP contribution in [0.15, 0.2) is 139 Å². The molecule has 0 atom stereocenters. The zero-order valence-corrected chi connectivity index (χ0v) is 21.0. The largest absolute Gasteiger partial charge is 0.276 e. The average molecular weight is 499 g/mol. The summed E-state index contributed by atoms with van der Waals surface area (Å²) in [5, 5.41) is 10.1. The molecule has 6 aromatic carbocycles. The molecule has 3 nitrogen and oxygen atoms in total. The van der Waals surface area contributed by atoms with Crippen molar-refractivity contribution < 1.29 is 0 Å². The van der Waals surface area contributed by atoms with Gasteiger partial charge >= 0.3 is 0 Å². The lowest BCUT2D eigenvalue weighted by Crippen LogP contribution is -2.19. The average Bonchev–Trinajstić information content (AvgIpc) is 3.01. The third kappa shape index (κ3) is 3.23. The Bertz CT molecular complexity index is 2280. The highest BCUT2D eigenvalue weighted by Gasteiger charge is 2.14. The fourth-order valence-electron chi connectivity index (χ4n) is 6.09. The van der Waals surface area contributed by atoms with Crippen molar-refractivity contribution in [2.75, 3.05) is 0 Å². The topological polar surface area (TPSA) is 34.9 Å². The first-order valence-electron chi connectivity index (χ1n) is 13.1. The molecule has 0 bridgehead atoms. The predicted octanol–water partition coefficient (Wildman–Crippen LogP) is 8.67. The van der Waals surface area contributed by atoms with Crippen LogP contribution in [0, 0.1) is 0 Å². The van der Waals surface area contributed by atoms with Crippen LogP contribution in [0.3, 0.4) is 0 Å². The molecule has 2 aromatic heterocycles. The molecule has 0 saturated carbocycles. The quantitative estimate of drug-likeness (QED) is 0.224. The van der Waals surface area contributed by atoms with Gasteiger partial charge in [0, 0.05) is 28.9 Å². The summed E-state index contributed by atoms with van der Waals surface area (Å²) < 4.78 is 1.82. The molecule has 0 fully saturated rings. The molecule has 0 aliphatic rings. The number of hydrogen-bond acceptors (Lipinski definition) is 2. The van der Waals surface area contributed by atoms with Crippen LogP contribution in [0.5, 0.6) is 0 Å². The highest BCUT2D eigenvalue weighted by atomic mass is 16.1. The first-order valence-corrected chi connectivity index (χ1v) is 13.1. The molecule has 3 heteroatoms. The summed E-state index contributed by atoms with van der Waals surface area (Å²) in [4.78, 5) is 18.0. The SMILES string of the molecule is O=c1c2ccncc2c2ccccc2n1-c1cccc(-c2ccc3c4ccccc4c4ccccc4c3c2)c1. The summed E-state index contributed by atoms with van der Waals surface area (Å²) in [6.07, 6.45) is 3.46. The minimum absolute atomic E-state index is 0.0424. The lowest BCUT2D eigenvalue weighted by Gasteiger charge is -2.15. The van der Waals surface area contributed by atoms with E-state index in [1.165, 1.54) is 32.3 Å². The van der Waals surface area contributed by atoms with Crippen molar-refractivity contribution in [2.45, 2.75) is 0 Å². The van der Waals surface area contributed by atoms with Crippen LogP contribution < -0.4 is 5.56 Å². The normalized spacial score (nSPS) is 11.7. The minimum Gasteiger partial charge on any atom is -0.276 e. The summed E-state index contributed by atoms with van der Waals surface area (Å²) >= 11 is 0. The van der Waals surface area contributed by atoms with Gasteiger partial charge in [-0.1, -0.05) is 91.0 Å². The number of para-hydroxylation sites is 1. The summed E-state index contributed by atoms with van der Waals surface area (Å²) in [7, 11) is 0. The van der Waals surface area contributed by atoms with E-state index in [2.05, 4.69) is 89.9 Å². The fraction of sp³-hybridized carbons (Fsp3) is 0. The highest BCUT2D eigenvalue weighted by molar-refractivity contribution is 6.25. The summed E-state index contributed by atoms with van der Waals surface area (Å²) in [6, 6.07) is 42.1. The van der Waals surface area contributed by atoms with Gasteiger partial charge in [-0.2, -0.15) is 0 Å². The Labute approximate surface area is 224 Å². The van der Waals surface area contributed by atoms with Gasteiger partial charge in [0.2, 0.25) is 0 Å². The maximum atomic E-state index is 13.8. The molecule has 0 amide bonds. The van der Waals surface area contributed by atoms with Gasteiger partial charge in [-0.3, -0.25) is 14.3 Å². The van der Waals surface area contributed by atoms with Gasteiger partial charge in [0.15, 0.2) is 0 Å². The zero-order chi connectivity index (χ0) is 25.9. The maximum absolute atomic E-state index is 13.8. The number of benzene rings is 6. The molecule has 8 rings (SSSR count). The van der Waals surface area contributed by atoms with Gasteiger partial charge in [-0.05, 0) is 73.8 Å². The van der Waals surface area contributed by atoms with Gasteiger partial charge < -0.3 is 0 Å². The highest BCUT2D eigenvalue weighted by Crippen LogP contribution is 2.37. The Hall–Kier alpha value is -5.28. The molecule has 182 valence electrons. The molecule has 0 spiro atoms. The van der Waals surface area contributed by atoms with Gasteiger partial charge in [0.05, 0.1) is 10.9 Å². The van der Waals surface area contributed by atoms with Crippen molar-refractivity contribution >= 4 is 54.0 Å². The van der Waals surface area contributed by atoms with E-state index in [1.54, 1.807) is 12.4 Å². The van der Waals surface area contributed by atoms with Crippen molar-refractivity contribution in [3.63, 3.8) is 0 Å². The number of pyridine rings is 2. The number of aromatic nitrogens is 2. The van der Waals surface area contributed by atoms with Crippen LogP contribution in [-0.2, 0) is 0 Å². The van der Waals surface area contributed by atoms with Crippen molar-refractivity contribution in [1.82, 2.24) is 9.55 Å². The van der Waals surface area contributed by atoms with E-state index in [1.807, 2.05) is 41.0 Å². The smallest absolute Gasteiger partial charge is 0.263 e. The molecule has 0 aliphatic carbocycles. The molecule has 0 aliphatic heterocycles. The molecule has 0 unspecified atom stereocenters. The molecular weight excluding hydrogens is 476 g/mol. The van der Waals surface area contributed by atoms with E-state index in [0.717, 1.165) is 33.1 Å². The maximum Gasteiger partial charge on any atom is 0.263 e. The third-order valence-corrected chi connectivity index (χ3v) is 7.87. The van der Waals surface area contributed by atoms with E-state index in [-0.39, 0.29) is 5.56 Å². The lowest BCUT2D eigenvalue weighted by atomic mass is 9.92. The van der Waals surface area contributed by atoms with Gasteiger partial charge in [0.1, 0.15) is 0 Å². The van der Waals surface area contributed by atoms with Crippen molar-refractivity contribution in [2.24, 2.45) is 0 Å². The van der Waals surface area contributed by atoms with E-state index in [4.69, 9.17) is 0 Å². The van der Waals surface area contributed by atoms with Gasteiger partial charge in [-0.25, -0.2) is 0 Å². The number of rotatable bonds is 2. The van der Waals surface area contributed by atoms with Crippen LogP contribution in [0.1, 0.15) is 0 Å². The van der Waals surface area contributed by atoms with Crippen LogP contribution >= 0.6 is 0 Å². The Kier molecular flexibility index (Phi) is 4.67.